The van der Waals surface area contributed by atoms with Crippen LogP contribution in [-0.4, -0.2) is 17.6 Å². The summed E-state index contributed by atoms with van der Waals surface area (Å²) in [6.07, 6.45) is 0.434. The van der Waals surface area contributed by atoms with Gasteiger partial charge in [0.05, 0.1) is 18.3 Å². The van der Waals surface area contributed by atoms with Gasteiger partial charge < -0.3 is 15.8 Å². The van der Waals surface area contributed by atoms with Crippen molar-refractivity contribution in [2.24, 2.45) is 0 Å². The largest absolute Gasteiger partial charge is 0.445 e. The van der Waals surface area contributed by atoms with Crippen molar-refractivity contribution in [3.05, 3.63) is 59.5 Å². The number of hydrogen-bond acceptors (Lipinski definition) is 4. The fraction of sp³-hybridized carbons (Fsp3) is 0.125. The second-order valence-corrected chi connectivity index (χ2v) is 4.30. The minimum absolute atomic E-state index is 0.0591. The molecule has 1 amide bonds. The van der Waals surface area contributed by atoms with Crippen LogP contribution in [0.15, 0.2) is 42.6 Å². The Labute approximate surface area is 127 Å². The van der Waals surface area contributed by atoms with E-state index in [4.69, 9.17) is 10.5 Å². The summed E-state index contributed by atoms with van der Waals surface area (Å²) in [5.41, 5.74) is 6.72. The molecule has 0 saturated heterocycles. The van der Waals surface area contributed by atoms with Crippen molar-refractivity contribution in [3.8, 4) is 11.8 Å². The van der Waals surface area contributed by atoms with Crippen LogP contribution in [0.4, 0.5) is 15.0 Å². The number of alkyl carbamates (subject to hydrolysis) is 1. The number of nitrogens with two attached hydrogens (primary N) is 1. The topological polar surface area (TPSA) is 77.2 Å². The second kappa shape index (κ2) is 7.64. The molecule has 5 nitrogen and oxygen atoms in total. The van der Waals surface area contributed by atoms with Gasteiger partial charge in [-0.3, -0.25) is 0 Å². The smallest absolute Gasteiger partial charge is 0.408 e. The van der Waals surface area contributed by atoms with Crippen LogP contribution in [-0.2, 0) is 11.3 Å². The molecule has 3 N–H and O–H groups in total. The van der Waals surface area contributed by atoms with E-state index in [1.807, 2.05) is 30.3 Å². The van der Waals surface area contributed by atoms with Gasteiger partial charge in [0.25, 0.3) is 0 Å². The molecule has 0 unspecified atom stereocenters. The Morgan fingerprint density at radius 1 is 1.36 bits per heavy atom. The van der Waals surface area contributed by atoms with Crippen LogP contribution in [0.5, 0.6) is 0 Å². The number of hydrogen-bond donors (Lipinski definition) is 2. The van der Waals surface area contributed by atoms with Gasteiger partial charge in [0.1, 0.15) is 18.2 Å². The van der Waals surface area contributed by atoms with Gasteiger partial charge in [-0.2, -0.15) is 0 Å². The van der Waals surface area contributed by atoms with Gasteiger partial charge >= 0.3 is 6.09 Å². The maximum atomic E-state index is 13.0. The normalized spacial score (nSPS) is 9.50. The van der Waals surface area contributed by atoms with Gasteiger partial charge in [-0.1, -0.05) is 42.2 Å². The van der Waals surface area contributed by atoms with E-state index in [9.17, 15) is 9.18 Å². The molecule has 2 rings (SSSR count). The number of halogens is 1. The molecule has 0 spiro atoms. The van der Waals surface area contributed by atoms with Crippen LogP contribution in [0.2, 0.25) is 0 Å². The molecule has 112 valence electrons. The average Bonchev–Trinajstić information content (AvgIpc) is 2.53. The first-order valence-electron chi connectivity index (χ1n) is 6.49. The lowest BCUT2D eigenvalue weighted by Crippen LogP contribution is -2.24. The molecule has 0 aliphatic heterocycles. The molecule has 0 aliphatic carbocycles. The first-order chi connectivity index (χ1) is 10.6. The highest BCUT2D eigenvalue weighted by atomic mass is 19.1. The molecule has 1 aromatic carbocycles. The number of nitrogen functional groups attached to an aromatic ring is 1. The van der Waals surface area contributed by atoms with Crippen LogP contribution in [0.25, 0.3) is 0 Å². The maximum Gasteiger partial charge on any atom is 0.408 e. The number of carbonyl (C=O) groups is 1. The molecule has 6 heteroatoms. The summed E-state index contributed by atoms with van der Waals surface area (Å²) in [6, 6.07) is 10.5. The Morgan fingerprint density at radius 3 is 2.91 bits per heavy atom. The van der Waals surface area contributed by atoms with Crippen molar-refractivity contribution in [3.63, 3.8) is 0 Å². The summed E-state index contributed by atoms with van der Waals surface area (Å²) in [6.45, 7) is 0.241. The van der Waals surface area contributed by atoms with Gasteiger partial charge in [0.15, 0.2) is 0 Å². The summed E-state index contributed by atoms with van der Waals surface area (Å²) in [5, 5.41) is 2.47. The second-order valence-electron chi connectivity index (χ2n) is 4.30. The quantitative estimate of drug-likeness (QED) is 0.851. The number of amides is 1. The predicted octanol–water partition coefficient (Wildman–Crippen LogP) is 2.08. The van der Waals surface area contributed by atoms with E-state index < -0.39 is 11.9 Å². The zero-order valence-electron chi connectivity index (χ0n) is 11.7. The number of nitrogens with one attached hydrogen (secondary N) is 1. The molecule has 0 bridgehead atoms. The standard InChI is InChI=1S/C16H14FN3O2/c17-14-9-13(15(18)20-10-14)7-4-8-19-16(21)22-11-12-5-2-1-3-6-12/h1-3,5-6,9-10H,8,11H2,(H2,18,20)(H,19,21). The molecule has 1 heterocycles. The predicted molar refractivity (Wildman–Crippen MR) is 80.1 cm³/mol. The highest BCUT2D eigenvalue weighted by Gasteiger charge is 2.01. The van der Waals surface area contributed by atoms with E-state index in [2.05, 4.69) is 22.1 Å². The lowest BCUT2D eigenvalue weighted by Gasteiger charge is -2.04. The summed E-state index contributed by atoms with van der Waals surface area (Å²) >= 11 is 0. The summed E-state index contributed by atoms with van der Waals surface area (Å²) < 4.78 is 18.0. The van der Waals surface area contributed by atoms with Crippen molar-refractivity contribution in [1.82, 2.24) is 10.3 Å². The SMILES string of the molecule is Nc1ncc(F)cc1C#CCNC(=O)OCc1ccccc1. The van der Waals surface area contributed by atoms with Gasteiger partial charge in [-0.15, -0.1) is 0 Å². The molecule has 0 fully saturated rings. The molecular formula is C16H14FN3O2. The maximum absolute atomic E-state index is 13.0. The summed E-state index contributed by atoms with van der Waals surface area (Å²) in [7, 11) is 0. The van der Waals surface area contributed by atoms with Gasteiger partial charge in [-0.25, -0.2) is 14.2 Å². The Morgan fingerprint density at radius 2 is 2.14 bits per heavy atom. The van der Waals surface area contributed by atoms with Crippen molar-refractivity contribution in [1.29, 1.82) is 0 Å². The zero-order valence-corrected chi connectivity index (χ0v) is 11.7. The third-order valence-corrected chi connectivity index (χ3v) is 2.64. The zero-order chi connectivity index (χ0) is 15.8. The Balaban J connectivity index is 1.78. The molecule has 0 saturated carbocycles. The van der Waals surface area contributed by atoms with Crippen LogP contribution in [0, 0.1) is 17.7 Å². The third kappa shape index (κ3) is 4.80. The van der Waals surface area contributed by atoms with E-state index in [1.54, 1.807) is 0 Å². The highest BCUT2D eigenvalue weighted by molar-refractivity contribution is 5.67. The van der Waals surface area contributed by atoms with Crippen LogP contribution < -0.4 is 11.1 Å². The number of anilines is 1. The average molecular weight is 299 g/mol. The van der Waals surface area contributed by atoms with Crippen LogP contribution in [0.3, 0.4) is 0 Å². The monoisotopic (exact) mass is 299 g/mol. The number of ether oxygens (including phenoxy) is 1. The van der Waals surface area contributed by atoms with E-state index in [1.165, 1.54) is 6.07 Å². The fourth-order valence-electron chi connectivity index (χ4n) is 1.58. The molecule has 22 heavy (non-hydrogen) atoms. The Bertz CT molecular complexity index is 708. The van der Waals surface area contributed by atoms with E-state index in [0.29, 0.717) is 0 Å². The lowest BCUT2D eigenvalue weighted by molar-refractivity contribution is 0.141. The summed E-state index contributed by atoms with van der Waals surface area (Å²) in [4.78, 5) is 15.1. The molecule has 1 aromatic heterocycles. The van der Waals surface area contributed by atoms with Crippen LogP contribution >= 0.6 is 0 Å². The molecule has 0 aliphatic rings. The molecule has 0 atom stereocenters. The number of rotatable bonds is 3. The van der Waals surface area contributed by atoms with Gasteiger partial charge in [0.2, 0.25) is 0 Å². The van der Waals surface area contributed by atoms with Crippen molar-refractivity contribution in [2.45, 2.75) is 6.61 Å². The van der Waals surface area contributed by atoms with Crippen molar-refractivity contribution in [2.75, 3.05) is 12.3 Å². The molecule has 0 radical (unpaired) electrons. The van der Waals surface area contributed by atoms with Gasteiger partial charge in [-0.05, 0) is 11.6 Å². The molecular weight excluding hydrogens is 285 g/mol. The third-order valence-electron chi connectivity index (χ3n) is 2.64. The summed E-state index contributed by atoms with van der Waals surface area (Å²) in [5.74, 6) is 4.91. The number of benzene rings is 1. The van der Waals surface area contributed by atoms with Crippen molar-refractivity contribution < 1.29 is 13.9 Å². The highest BCUT2D eigenvalue weighted by Crippen LogP contribution is 2.07. The number of aromatic nitrogens is 1. The first kappa shape index (κ1) is 15.3. The minimum Gasteiger partial charge on any atom is -0.445 e. The molecule has 2 aromatic rings. The van der Waals surface area contributed by atoms with E-state index in [-0.39, 0.29) is 24.5 Å². The fourth-order valence-corrected chi connectivity index (χ4v) is 1.58. The Hall–Kier alpha value is -3.07. The lowest BCUT2D eigenvalue weighted by atomic mass is 10.2. The van der Waals surface area contributed by atoms with E-state index >= 15 is 0 Å². The number of carbonyl (C=O) groups excluding carboxylic acids is 1. The van der Waals surface area contributed by atoms with E-state index in [0.717, 1.165) is 11.8 Å². The minimum atomic E-state index is -0.580. The Kier molecular flexibility index (Phi) is 5.32. The van der Waals surface area contributed by atoms with Gasteiger partial charge in [0, 0.05) is 0 Å². The van der Waals surface area contributed by atoms with Crippen LogP contribution in [0.1, 0.15) is 11.1 Å². The first-order valence-corrected chi connectivity index (χ1v) is 6.49. The number of nitrogens with zero attached hydrogens (tertiary/aromatic N) is 1. The number of pyridine rings is 1. The van der Waals surface area contributed by atoms with Crippen molar-refractivity contribution >= 4 is 11.9 Å².